The van der Waals surface area contributed by atoms with E-state index in [4.69, 9.17) is 4.42 Å². The van der Waals surface area contributed by atoms with E-state index >= 15 is 0 Å². The number of fused-ring (bicyclic) bond motifs is 11. The second kappa shape index (κ2) is 12.7. The Labute approximate surface area is 429 Å². The fourth-order valence-electron chi connectivity index (χ4n) is 21.1. The van der Waals surface area contributed by atoms with E-state index < -0.39 is 0 Å². The van der Waals surface area contributed by atoms with Crippen LogP contribution in [0.4, 0.5) is 17.1 Å². The molecule has 9 aromatic rings. The van der Waals surface area contributed by atoms with E-state index in [0.29, 0.717) is 10.8 Å². The molecule has 73 heavy (non-hydrogen) atoms. The van der Waals surface area contributed by atoms with Crippen molar-refractivity contribution in [1.29, 1.82) is 0 Å². The Bertz CT molecular complexity index is 4050. The van der Waals surface area contributed by atoms with Gasteiger partial charge in [-0.05, 0) is 245 Å². The van der Waals surface area contributed by atoms with Crippen LogP contribution in [0, 0.1) is 59.7 Å². The summed E-state index contributed by atoms with van der Waals surface area (Å²) in [6.07, 6.45) is 15.3. The summed E-state index contributed by atoms with van der Waals surface area (Å²) in [6, 6.07) is 43.8. The van der Waals surface area contributed by atoms with Crippen LogP contribution in [0.15, 0.2) is 114 Å². The molecular formula is C69H64BN2O. The topological polar surface area (TPSA) is 32.2 Å². The molecule has 8 atom stereocenters. The van der Waals surface area contributed by atoms with Crippen LogP contribution >= 0.6 is 0 Å². The Morgan fingerprint density at radius 2 is 1.36 bits per heavy atom. The van der Waals surface area contributed by atoms with Crippen molar-refractivity contribution < 1.29 is 4.42 Å². The number of nitrogens with zero attached hydrogens (tertiary/aromatic N) is 1. The summed E-state index contributed by atoms with van der Waals surface area (Å²) in [5, 5.41) is 7.81. The monoisotopic (exact) mass is 948 g/mol. The molecular weight excluding hydrogens is 884 g/mol. The minimum atomic E-state index is 0.0664. The Morgan fingerprint density at radius 3 is 2.16 bits per heavy atom. The number of anilines is 3. The van der Waals surface area contributed by atoms with Gasteiger partial charge in [-0.1, -0.05) is 93.8 Å². The molecule has 1 N–H and O–H groups in total. The Morgan fingerprint density at radius 1 is 0.616 bits per heavy atom. The zero-order valence-corrected chi connectivity index (χ0v) is 43.2. The fraction of sp³-hybridized carbons (Fsp3) is 0.420. The highest BCUT2D eigenvalue weighted by Gasteiger charge is 2.77. The molecule has 9 aliphatic carbocycles. The standard InChI is InChI=1S/C69H64BN2O/c1-35-18-51-52(66(4,5)17-16-65(51,2)3)29-55(35)72-56-22-37-11-7-6-10-36(37)21-53(56)70-62-57(72)28-49-46-12-8-9-13-58(46)73-64(49)60(62)50-27-42(67-32-44-23-43-24-45(33-67)69(43,44)34-67)26-48-47-25-41(14-15-54(47)71-63(48)50)68-30-39-19-38-20-40(31-68)61(68)59(38)39/h6-15,18,21-22,25-29,38-40,43-45,59,61,71H,16-17,19-20,23-24,30-34H2,1-5H3/t38?,39?,40?,43?,44?,45?,59-,61?,67?,68?,69?/m1/s1. The average molecular weight is 948 g/mol. The number of rotatable bonds is 4. The van der Waals surface area contributed by atoms with Crippen LogP contribution < -0.4 is 15.8 Å². The molecule has 8 fully saturated rings. The van der Waals surface area contributed by atoms with Crippen molar-refractivity contribution in [3.05, 3.63) is 137 Å². The number of furan rings is 1. The predicted molar refractivity (Wildman–Crippen MR) is 301 cm³/mol. The summed E-state index contributed by atoms with van der Waals surface area (Å²) in [5.74, 6) is 7.68. The van der Waals surface area contributed by atoms with Crippen LogP contribution in [0.1, 0.15) is 126 Å². The number of nitrogens with one attached hydrogen (secondary N) is 1. The lowest BCUT2D eigenvalue weighted by atomic mass is 9.38. The molecule has 3 heterocycles. The molecule has 7 aromatic carbocycles. The van der Waals surface area contributed by atoms with Gasteiger partial charge in [0.15, 0.2) is 7.28 Å². The van der Waals surface area contributed by atoms with E-state index in [9.17, 15) is 0 Å². The number of aromatic nitrogens is 1. The first-order chi connectivity index (χ1) is 35.4. The van der Waals surface area contributed by atoms with Crippen molar-refractivity contribution in [2.75, 3.05) is 4.90 Å². The van der Waals surface area contributed by atoms with Crippen molar-refractivity contribution in [3.8, 4) is 11.1 Å². The SMILES string of the molecule is Cc1cc2c(cc1N1c3cc4ccccc4cc3[B]c3c1cc1c(oc4ccccc41)c3-c1cc(C34CC5CC6CC(C3)C65C4)cc3c1[nH]c1ccc(C45CC6CC7CC(C4)[C@@H]7C65)cc13)C(C)(C)CCC2(C)C. The van der Waals surface area contributed by atoms with E-state index in [2.05, 4.69) is 161 Å². The van der Waals surface area contributed by atoms with Crippen molar-refractivity contribution in [3.63, 3.8) is 0 Å². The lowest BCUT2D eigenvalue weighted by Gasteiger charge is -2.66. The molecule has 8 saturated carbocycles. The van der Waals surface area contributed by atoms with Gasteiger partial charge in [0.1, 0.15) is 11.2 Å². The molecule has 4 heteroatoms. The molecule has 1 spiro atoms. The van der Waals surface area contributed by atoms with Crippen LogP contribution in [0.3, 0.4) is 0 Å². The molecule has 0 amide bonds. The Kier molecular flexibility index (Phi) is 7.05. The number of aryl methyl sites for hydroxylation is 1. The van der Waals surface area contributed by atoms with Crippen LogP contribution in [0.25, 0.3) is 65.6 Å². The summed E-state index contributed by atoms with van der Waals surface area (Å²) in [5.41, 5.74) is 22.4. The normalized spacial score (nSPS) is 34.5. The van der Waals surface area contributed by atoms with Gasteiger partial charge >= 0.3 is 0 Å². The van der Waals surface area contributed by atoms with Gasteiger partial charge in [0.05, 0.1) is 5.52 Å². The highest BCUT2D eigenvalue weighted by molar-refractivity contribution is 6.74. The van der Waals surface area contributed by atoms with Gasteiger partial charge in [-0.15, -0.1) is 0 Å². The van der Waals surface area contributed by atoms with Gasteiger partial charge in [-0.3, -0.25) is 0 Å². The molecule has 7 unspecified atom stereocenters. The quantitative estimate of drug-likeness (QED) is 0.178. The molecule has 1 aliphatic heterocycles. The number of para-hydroxylation sites is 1. The summed E-state index contributed by atoms with van der Waals surface area (Å²) in [4.78, 5) is 6.92. The highest BCUT2D eigenvalue weighted by Crippen LogP contribution is 2.85. The second-order valence-corrected chi connectivity index (χ2v) is 28.1. The summed E-state index contributed by atoms with van der Waals surface area (Å²) in [7, 11) is 2.55. The number of hydrogen-bond acceptors (Lipinski definition) is 2. The van der Waals surface area contributed by atoms with Gasteiger partial charge < -0.3 is 14.3 Å². The van der Waals surface area contributed by atoms with Crippen molar-refractivity contribution >= 4 is 89.8 Å². The van der Waals surface area contributed by atoms with Crippen LogP contribution in [-0.4, -0.2) is 12.3 Å². The third kappa shape index (κ3) is 4.66. The molecule has 10 aliphatic rings. The van der Waals surface area contributed by atoms with Crippen molar-refractivity contribution in [2.24, 2.45) is 52.8 Å². The van der Waals surface area contributed by atoms with E-state index in [1.807, 2.05) is 0 Å². The number of benzene rings is 7. The summed E-state index contributed by atoms with van der Waals surface area (Å²) in [6.45, 7) is 12.3. The average Bonchev–Trinajstić information content (AvgIpc) is 4.21. The highest BCUT2D eigenvalue weighted by atomic mass is 16.3. The molecule has 359 valence electrons. The third-order valence-electron chi connectivity index (χ3n) is 24.4. The van der Waals surface area contributed by atoms with E-state index in [-0.39, 0.29) is 16.2 Å². The van der Waals surface area contributed by atoms with Crippen molar-refractivity contribution in [2.45, 2.75) is 127 Å². The van der Waals surface area contributed by atoms with Gasteiger partial charge in [-0.2, -0.15) is 0 Å². The maximum Gasteiger partial charge on any atom is 0.198 e. The molecule has 1 radical (unpaired) electrons. The number of aromatic amines is 1. The lowest BCUT2D eigenvalue weighted by Crippen LogP contribution is -2.59. The van der Waals surface area contributed by atoms with E-state index in [1.54, 1.807) is 11.1 Å². The fourth-order valence-corrected chi connectivity index (χ4v) is 21.1. The van der Waals surface area contributed by atoms with Crippen LogP contribution in [0.5, 0.6) is 0 Å². The first kappa shape index (κ1) is 40.6. The maximum atomic E-state index is 7.37. The van der Waals surface area contributed by atoms with E-state index in [0.717, 1.165) is 58.5 Å². The van der Waals surface area contributed by atoms with Crippen LogP contribution in [0.2, 0.25) is 0 Å². The minimum absolute atomic E-state index is 0.0664. The maximum absolute atomic E-state index is 7.37. The third-order valence-corrected chi connectivity index (χ3v) is 24.4. The first-order valence-electron chi connectivity index (χ1n) is 28.8. The smallest absolute Gasteiger partial charge is 0.198 e. The molecule has 2 bridgehead atoms. The first-order valence-corrected chi connectivity index (χ1v) is 28.8. The molecule has 19 rings (SSSR count). The van der Waals surface area contributed by atoms with Gasteiger partial charge in [0, 0.05) is 55.3 Å². The van der Waals surface area contributed by atoms with Gasteiger partial charge in [-0.25, -0.2) is 0 Å². The predicted octanol–water partition coefficient (Wildman–Crippen LogP) is 16.1. The molecule has 2 aromatic heterocycles. The zero-order chi connectivity index (χ0) is 48.0. The Balaban J connectivity index is 0.911. The lowest BCUT2D eigenvalue weighted by molar-refractivity contribution is -0.175. The van der Waals surface area contributed by atoms with Gasteiger partial charge in [0.25, 0.3) is 0 Å². The molecule has 3 nitrogen and oxygen atoms in total. The van der Waals surface area contributed by atoms with Crippen LogP contribution in [-0.2, 0) is 21.7 Å². The Hall–Kier alpha value is -5.74. The number of hydrogen-bond donors (Lipinski definition) is 1. The number of H-pyrrole nitrogens is 1. The van der Waals surface area contributed by atoms with Gasteiger partial charge in [0.2, 0.25) is 0 Å². The zero-order valence-electron chi connectivity index (χ0n) is 43.2. The van der Waals surface area contributed by atoms with Crippen molar-refractivity contribution in [1.82, 2.24) is 4.98 Å². The van der Waals surface area contributed by atoms with E-state index in [1.165, 1.54) is 170 Å². The minimum Gasteiger partial charge on any atom is -0.455 e. The summed E-state index contributed by atoms with van der Waals surface area (Å²) < 4.78 is 7.37. The summed E-state index contributed by atoms with van der Waals surface area (Å²) >= 11 is 0. The molecule has 0 saturated heterocycles. The largest absolute Gasteiger partial charge is 0.455 e. The second-order valence-electron chi connectivity index (χ2n) is 28.1.